The fourth-order valence-electron chi connectivity index (χ4n) is 3.50. The van der Waals surface area contributed by atoms with Crippen LogP contribution in [0.3, 0.4) is 0 Å². The quantitative estimate of drug-likeness (QED) is 0.586. The number of benzene rings is 2. The standard InChI is InChI=1S/C23H21F2N3O2S/c1-3-13(2)22(30)28-9-8-15-10-14(5-7-20(15)28)19-12-31-23(26-19)27-21(29)16-4-6-17(24)18(25)11-16/h4-7,10-13H,3,8-9H2,1-2H3,(H,26,27,29)/t13-/m1/s1. The molecular formula is C23H21F2N3O2S. The number of hydrogen-bond donors (Lipinski definition) is 1. The minimum absolute atomic E-state index is 0.00933. The molecule has 2 heterocycles. The number of hydrogen-bond acceptors (Lipinski definition) is 4. The molecule has 0 saturated carbocycles. The highest BCUT2D eigenvalue weighted by Gasteiger charge is 2.27. The van der Waals surface area contributed by atoms with Gasteiger partial charge in [0.05, 0.1) is 5.69 Å². The highest BCUT2D eigenvalue weighted by Crippen LogP contribution is 2.34. The first-order valence-corrected chi connectivity index (χ1v) is 10.9. The molecule has 0 spiro atoms. The summed E-state index contributed by atoms with van der Waals surface area (Å²) in [6.07, 6.45) is 1.59. The molecule has 0 fully saturated rings. The molecule has 2 aromatic carbocycles. The van der Waals surface area contributed by atoms with Crippen molar-refractivity contribution in [1.29, 1.82) is 0 Å². The van der Waals surface area contributed by atoms with E-state index in [4.69, 9.17) is 0 Å². The molecule has 8 heteroatoms. The van der Waals surface area contributed by atoms with Crippen LogP contribution in [0.4, 0.5) is 19.6 Å². The lowest BCUT2D eigenvalue weighted by atomic mass is 10.1. The predicted octanol–water partition coefficient (Wildman–Crippen LogP) is 5.28. The van der Waals surface area contributed by atoms with Crippen molar-refractivity contribution in [2.75, 3.05) is 16.8 Å². The lowest BCUT2D eigenvalue weighted by Gasteiger charge is -2.21. The van der Waals surface area contributed by atoms with Crippen molar-refractivity contribution in [1.82, 2.24) is 4.98 Å². The van der Waals surface area contributed by atoms with Crippen LogP contribution in [0.5, 0.6) is 0 Å². The number of carbonyl (C=O) groups is 2. The van der Waals surface area contributed by atoms with Gasteiger partial charge >= 0.3 is 0 Å². The molecule has 0 bridgehead atoms. The zero-order chi connectivity index (χ0) is 22.1. The van der Waals surface area contributed by atoms with E-state index in [-0.39, 0.29) is 17.4 Å². The van der Waals surface area contributed by atoms with Crippen molar-refractivity contribution in [2.24, 2.45) is 5.92 Å². The molecule has 4 rings (SSSR count). The molecule has 1 aromatic heterocycles. The monoisotopic (exact) mass is 441 g/mol. The minimum Gasteiger partial charge on any atom is -0.312 e. The number of halogens is 2. The highest BCUT2D eigenvalue weighted by atomic mass is 32.1. The summed E-state index contributed by atoms with van der Waals surface area (Å²) in [4.78, 5) is 31.2. The molecule has 0 radical (unpaired) electrons. The number of nitrogens with zero attached hydrogens (tertiary/aromatic N) is 2. The van der Waals surface area contributed by atoms with E-state index in [0.29, 0.717) is 17.4 Å². The Morgan fingerprint density at radius 1 is 1.19 bits per heavy atom. The zero-order valence-electron chi connectivity index (χ0n) is 17.1. The number of thiazole rings is 1. The average Bonchev–Trinajstić information content (AvgIpc) is 3.41. The molecule has 0 saturated heterocycles. The molecule has 1 N–H and O–H groups in total. The van der Waals surface area contributed by atoms with Gasteiger partial charge in [0.2, 0.25) is 5.91 Å². The van der Waals surface area contributed by atoms with Crippen LogP contribution in [0.1, 0.15) is 36.2 Å². The Kier molecular flexibility index (Phi) is 5.82. The Morgan fingerprint density at radius 2 is 2.00 bits per heavy atom. The topological polar surface area (TPSA) is 62.3 Å². The second kappa shape index (κ2) is 8.55. The van der Waals surface area contributed by atoms with Gasteiger partial charge in [-0.3, -0.25) is 14.9 Å². The van der Waals surface area contributed by atoms with Gasteiger partial charge in [0, 0.05) is 34.7 Å². The van der Waals surface area contributed by atoms with Gasteiger partial charge in [-0.2, -0.15) is 0 Å². The van der Waals surface area contributed by atoms with E-state index >= 15 is 0 Å². The summed E-state index contributed by atoms with van der Waals surface area (Å²) < 4.78 is 26.4. The van der Waals surface area contributed by atoms with E-state index < -0.39 is 17.5 Å². The smallest absolute Gasteiger partial charge is 0.257 e. The third-order valence-electron chi connectivity index (χ3n) is 5.48. The van der Waals surface area contributed by atoms with Gasteiger partial charge in [0.1, 0.15) is 0 Å². The Morgan fingerprint density at radius 3 is 2.74 bits per heavy atom. The number of aromatic nitrogens is 1. The SMILES string of the molecule is CC[C@@H](C)C(=O)N1CCc2cc(-c3csc(NC(=O)c4ccc(F)c(F)c4)n3)ccc21. The summed E-state index contributed by atoms with van der Waals surface area (Å²) in [6, 6.07) is 8.86. The van der Waals surface area contributed by atoms with Crippen molar-refractivity contribution >= 4 is 34.0 Å². The Bertz CT molecular complexity index is 1160. The summed E-state index contributed by atoms with van der Waals surface area (Å²) in [6.45, 7) is 4.63. The summed E-state index contributed by atoms with van der Waals surface area (Å²) in [5, 5.41) is 4.79. The number of amides is 2. The lowest BCUT2D eigenvalue weighted by Crippen LogP contribution is -2.33. The molecular weight excluding hydrogens is 420 g/mol. The Hall–Kier alpha value is -3.13. The summed E-state index contributed by atoms with van der Waals surface area (Å²) in [5.74, 6) is -2.51. The van der Waals surface area contributed by atoms with Crippen LogP contribution < -0.4 is 10.2 Å². The van der Waals surface area contributed by atoms with Crippen LogP contribution in [-0.4, -0.2) is 23.3 Å². The molecule has 3 aromatic rings. The maximum absolute atomic E-state index is 13.4. The van der Waals surface area contributed by atoms with Crippen molar-refractivity contribution < 1.29 is 18.4 Å². The lowest BCUT2D eigenvalue weighted by molar-refractivity contribution is -0.121. The molecule has 0 unspecified atom stereocenters. The van der Waals surface area contributed by atoms with Gasteiger partial charge in [-0.1, -0.05) is 19.9 Å². The Labute approximate surface area is 182 Å². The number of anilines is 2. The van der Waals surface area contributed by atoms with E-state index in [1.165, 1.54) is 17.4 Å². The second-order valence-electron chi connectivity index (χ2n) is 7.51. The molecule has 1 aliphatic rings. The van der Waals surface area contributed by atoms with Crippen molar-refractivity contribution in [3.8, 4) is 11.3 Å². The van der Waals surface area contributed by atoms with Gasteiger partial charge in [-0.15, -0.1) is 11.3 Å². The van der Waals surface area contributed by atoms with Crippen molar-refractivity contribution in [3.63, 3.8) is 0 Å². The van der Waals surface area contributed by atoms with Gasteiger partial charge in [-0.05, 0) is 48.7 Å². The van der Waals surface area contributed by atoms with E-state index in [9.17, 15) is 18.4 Å². The van der Waals surface area contributed by atoms with E-state index in [1.54, 1.807) is 0 Å². The number of nitrogens with one attached hydrogen (secondary N) is 1. The highest BCUT2D eigenvalue weighted by molar-refractivity contribution is 7.14. The molecule has 0 aliphatic carbocycles. The largest absolute Gasteiger partial charge is 0.312 e. The maximum Gasteiger partial charge on any atom is 0.257 e. The summed E-state index contributed by atoms with van der Waals surface area (Å²) >= 11 is 1.24. The van der Waals surface area contributed by atoms with Crippen LogP contribution in [0.15, 0.2) is 41.8 Å². The summed E-state index contributed by atoms with van der Waals surface area (Å²) in [5.41, 5.74) is 3.63. The first-order valence-electron chi connectivity index (χ1n) is 10.0. The average molecular weight is 442 g/mol. The van der Waals surface area contributed by atoms with Crippen LogP contribution in [0, 0.1) is 17.6 Å². The minimum atomic E-state index is -1.08. The van der Waals surface area contributed by atoms with Gasteiger partial charge in [0.15, 0.2) is 16.8 Å². The van der Waals surface area contributed by atoms with Crippen molar-refractivity contribution in [2.45, 2.75) is 26.7 Å². The second-order valence-corrected chi connectivity index (χ2v) is 8.37. The van der Waals surface area contributed by atoms with E-state index in [1.807, 2.05) is 42.3 Å². The number of fused-ring (bicyclic) bond motifs is 1. The number of rotatable bonds is 5. The third-order valence-corrected chi connectivity index (χ3v) is 6.23. The number of carbonyl (C=O) groups excluding carboxylic acids is 2. The molecule has 2 amide bonds. The van der Waals surface area contributed by atoms with Gasteiger partial charge in [-0.25, -0.2) is 13.8 Å². The molecule has 1 atom stereocenters. The molecule has 160 valence electrons. The van der Waals surface area contributed by atoms with Crippen LogP contribution in [-0.2, 0) is 11.2 Å². The van der Waals surface area contributed by atoms with Crippen LogP contribution >= 0.6 is 11.3 Å². The molecule has 5 nitrogen and oxygen atoms in total. The van der Waals surface area contributed by atoms with Crippen molar-refractivity contribution in [3.05, 3.63) is 64.5 Å². The molecule has 1 aliphatic heterocycles. The fraction of sp³-hybridized carbons (Fsp3) is 0.261. The Balaban J connectivity index is 1.50. The van der Waals surface area contributed by atoms with Gasteiger partial charge in [0.25, 0.3) is 5.91 Å². The third kappa shape index (κ3) is 4.20. The predicted molar refractivity (Wildman–Crippen MR) is 117 cm³/mol. The van der Waals surface area contributed by atoms with Crippen LogP contribution in [0.25, 0.3) is 11.3 Å². The fourth-order valence-corrected chi connectivity index (χ4v) is 4.22. The van der Waals surface area contributed by atoms with Crippen LogP contribution in [0.2, 0.25) is 0 Å². The maximum atomic E-state index is 13.4. The normalized spacial score (nSPS) is 13.7. The molecule has 31 heavy (non-hydrogen) atoms. The summed E-state index contributed by atoms with van der Waals surface area (Å²) in [7, 11) is 0. The van der Waals surface area contributed by atoms with Gasteiger partial charge < -0.3 is 4.90 Å². The zero-order valence-corrected chi connectivity index (χ0v) is 17.9. The van der Waals surface area contributed by atoms with E-state index in [0.717, 1.165) is 41.8 Å². The first-order chi connectivity index (χ1) is 14.9. The first kappa shape index (κ1) is 21.1. The van der Waals surface area contributed by atoms with E-state index in [2.05, 4.69) is 10.3 Å².